The number of amides is 1. The molecule has 1 aliphatic rings. The minimum absolute atomic E-state index is 0.0401. The summed E-state index contributed by atoms with van der Waals surface area (Å²) in [5, 5.41) is 2.79. The molecule has 5 heteroatoms. The van der Waals surface area contributed by atoms with Crippen molar-refractivity contribution in [1.29, 1.82) is 0 Å². The highest BCUT2D eigenvalue weighted by Gasteiger charge is 2.22. The molecular weight excluding hydrogens is 262 g/mol. The molecule has 1 aromatic carbocycles. The lowest BCUT2D eigenvalue weighted by Gasteiger charge is -2.32. The van der Waals surface area contributed by atoms with E-state index < -0.39 is 17.5 Å². The van der Waals surface area contributed by atoms with E-state index in [1.165, 1.54) is 0 Å². The monoisotopic (exact) mass is 282 g/mol. The third-order valence-corrected chi connectivity index (χ3v) is 3.64. The molecule has 0 radical (unpaired) electrons. The number of nitrogens with one attached hydrogen (secondary N) is 1. The normalized spacial score (nSPS) is 17.1. The Balaban J connectivity index is 1.91. The number of carbonyl (C=O) groups is 1. The molecule has 3 nitrogen and oxygen atoms in total. The molecular formula is C15H20F2N2O. The van der Waals surface area contributed by atoms with Gasteiger partial charge < -0.3 is 10.2 Å². The summed E-state index contributed by atoms with van der Waals surface area (Å²) in [6, 6.07) is 2.97. The van der Waals surface area contributed by atoms with Gasteiger partial charge in [0.25, 0.3) is 5.91 Å². The second kappa shape index (κ2) is 6.79. The summed E-state index contributed by atoms with van der Waals surface area (Å²) in [6.07, 6.45) is 2.82. The van der Waals surface area contributed by atoms with Crippen LogP contribution >= 0.6 is 0 Å². The quantitative estimate of drug-likeness (QED) is 0.920. The first-order chi connectivity index (χ1) is 9.60. The number of hydrogen-bond acceptors (Lipinski definition) is 2. The Morgan fingerprint density at radius 1 is 1.35 bits per heavy atom. The molecule has 0 atom stereocenters. The number of halogens is 2. The van der Waals surface area contributed by atoms with Gasteiger partial charge in [0, 0.05) is 19.1 Å². The first-order valence-corrected chi connectivity index (χ1v) is 7.08. The third kappa shape index (κ3) is 3.76. The van der Waals surface area contributed by atoms with Crippen molar-refractivity contribution in [2.24, 2.45) is 0 Å². The lowest BCUT2D eigenvalue weighted by atomic mass is 10.0. The summed E-state index contributed by atoms with van der Waals surface area (Å²) in [6.45, 7) is 5.08. The summed E-state index contributed by atoms with van der Waals surface area (Å²) in [7, 11) is 0. The summed E-state index contributed by atoms with van der Waals surface area (Å²) >= 11 is 0. The second-order valence-corrected chi connectivity index (χ2v) is 5.21. The number of benzene rings is 1. The number of likely N-dealkylation sites (tertiary alicyclic amines) is 1. The van der Waals surface area contributed by atoms with E-state index in [0.717, 1.165) is 57.1 Å². The predicted octanol–water partition coefficient (Wildman–Crippen LogP) is 2.57. The summed E-state index contributed by atoms with van der Waals surface area (Å²) < 4.78 is 26.6. The average Bonchev–Trinajstić information content (AvgIpc) is 2.44. The smallest absolute Gasteiger partial charge is 0.254 e. The Bertz CT molecular complexity index is 471. The Morgan fingerprint density at radius 2 is 2.05 bits per heavy atom. The van der Waals surface area contributed by atoms with Crippen LogP contribution in [0, 0.1) is 11.6 Å². The van der Waals surface area contributed by atoms with Gasteiger partial charge in [-0.05, 0) is 44.0 Å². The third-order valence-electron chi connectivity index (χ3n) is 3.64. The minimum atomic E-state index is -0.688. The van der Waals surface area contributed by atoms with Gasteiger partial charge >= 0.3 is 0 Å². The molecule has 1 amide bonds. The maximum atomic E-state index is 13.5. The van der Waals surface area contributed by atoms with Crippen LogP contribution in [0.3, 0.4) is 0 Å². The minimum Gasteiger partial charge on any atom is -0.349 e. The molecule has 1 heterocycles. The van der Waals surface area contributed by atoms with Gasteiger partial charge in [-0.25, -0.2) is 8.78 Å². The molecule has 1 aliphatic heterocycles. The van der Waals surface area contributed by atoms with Gasteiger partial charge in [-0.3, -0.25) is 4.79 Å². The van der Waals surface area contributed by atoms with Gasteiger partial charge in [-0.1, -0.05) is 6.92 Å². The van der Waals surface area contributed by atoms with Crippen molar-refractivity contribution in [3.8, 4) is 0 Å². The van der Waals surface area contributed by atoms with Gasteiger partial charge in [0.1, 0.15) is 11.6 Å². The molecule has 0 bridgehead atoms. The maximum Gasteiger partial charge on any atom is 0.254 e. The van der Waals surface area contributed by atoms with Crippen LogP contribution in [-0.4, -0.2) is 36.5 Å². The summed E-state index contributed by atoms with van der Waals surface area (Å²) in [5.74, 6) is -1.82. The van der Waals surface area contributed by atoms with Crippen molar-refractivity contribution in [1.82, 2.24) is 10.2 Å². The van der Waals surface area contributed by atoms with Crippen LogP contribution in [0.1, 0.15) is 36.5 Å². The van der Waals surface area contributed by atoms with Crippen LogP contribution in [0.5, 0.6) is 0 Å². The summed E-state index contributed by atoms with van der Waals surface area (Å²) in [5.41, 5.74) is -0.221. The fourth-order valence-electron chi connectivity index (χ4n) is 2.55. The lowest BCUT2D eigenvalue weighted by molar-refractivity contribution is 0.0906. The average molecular weight is 282 g/mol. The van der Waals surface area contributed by atoms with E-state index in [4.69, 9.17) is 0 Å². The van der Waals surface area contributed by atoms with Crippen LogP contribution in [0.4, 0.5) is 8.78 Å². The first kappa shape index (κ1) is 14.9. The van der Waals surface area contributed by atoms with Crippen LogP contribution in [-0.2, 0) is 0 Å². The molecule has 0 spiro atoms. The largest absolute Gasteiger partial charge is 0.349 e. The van der Waals surface area contributed by atoms with Crippen molar-refractivity contribution in [3.63, 3.8) is 0 Å². The zero-order chi connectivity index (χ0) is 14.5. The van der Waals surface area contributed by atoms with Crippen molar-refractivity contribution in [3.05, 3.63) is 35.4 Å². The second-order valence-electron chi connectivity index (χ2n) is 5.21. The molecule has 0 unspecified atom stereocenters. The van der Waals surface area contributed by atoms with Crippen LogP contribution in [0.2, 0.25) is 0 Å². The maximum absolute atomic E-state index is 13.5. The molecule has 0 aliphatic carbocycles. The van der Waals surface area contributed by atoms with Gasteiger partial charge in [-0.2, -0.15) is 0 Å². The van der Waals surface area contributed by atoms with Gasteiger partial charge in [0.2, 0.25) is 0 Å². The van der Waals surface area contributed by atoms with E-state index in [0.29, 0.717) is 0 Å². The van der Waals surface area contributed by atoms with E-state index in [9.17, 15) is 13.6 Å². The van der Waals surface area contributed by atoms with Gasteiger partial charge in [-0.15, -0.1) is 0 Å². The van der Waals surface area contributed by atoms with Crippen LogP contribution in [0.25, 0.3) is 0 Å². The zero-order valence-corrected chi connectivity index (χ0v) is 11.7. The fourth-order valence-corrected chi connectivity index (χ4v) is 2.55. The Morgan fingerprint density at radius 3 is 2.70 bits per heavy atom. The molecule has 1 saturated heterocycles. The fraction of sp³-hybridized carbons (Fsp3) is 0.533. The van der Waals surface area contributed by atoms with Gasteiger partial charge in [0.15, 0.2) is 0 Å². The highest BCUT2D eigenvalue weighted by molar-refractivity contribution is 5.94. The highest BCUT2D eigenvalue weighted by Crippen LogP contribution is 2.13. The van der Waals surface area contributed by atoms with E-state index >= 15 is 0 Å². The van der Waals surface area contributed by atoms with Crippen molar-refractivity contribution >= 4 is 5.91 Å². The molecule has 110 valence electrons. The van der Waals surface area contributed by atoms with E-state index in [1.807, 2.05) is 0 Å². The van der Waals surface area contributed by atoms with Crippen LogP contribution < -0.4 is 5.32 Å². The SMILES string of the molecule is CCCN1CCC(NC(=O)c2cc(F)ccc2F)CC1. The molecule has 2 rings (SSSR count). The molecule has 1 N–H and O–H groups in total. The molecule has 0 saturated carbocycles. The number of hydrogen-bond donors (Lipinski definition) is 1. The van der Waals surface area contributed by atoms with Crippen molar-refractivity contribution < 1.29 is 13.6 Å². The number of piperidine rings is 1. The Hall–Kier alpha value is -1.49. The Kier molecular flexibility index (Phi) is 5.06. The number of rotatable bonds is 4. The van der Waals surface area contributed by atoms with Crippen LogP contribution in [0.15, 0.2) is 18.2 Å². The Labute approximate surface area is 118 Å². The molecule has 20 heavy (non-hydrogen) atoms. The highest BCUT2D eigenvalue weighted by atomic mass is 19.1. The van der Waals surface area contributed by atoms with E-state index in [-0.39, 0.29) is 11.6 Å². The summed E-state index contributed by atoms with van der Waals surface area (Å²) in [4.78, 5) is 14.3. The topological polar surface area (TPSA) is 32.3 Å². The number of carbonyl (C=O) groups excluding carboxylic acids is 1. The predicted molar refractivity (Wildman–Crippen MR) is 73.6 cm³/mol. The standard InChI is InChI=1S/C15H20F2N2O/c1-2-7-19-8-5-12(6-9-19)18-15(20)13-10-11(16)3-4-14(13)17/h3-4,10,12H,2,5-9H2,1H3,(H,18,20). The molecule has 1 fully saturated rings. The van der Waals surface area contributed by atoms with Crippen molar-refractivity contribution in [2.45, 2.75) is 32.2 Å². The first-order valence-electron chi connectivity index (χ1n) is 7.08. The number of nitrogens with zero attached hydrogens (tertiary/aromatic N) is 1. The zero-order valence-electron chi connectivity index (χ0n) is 11.7. The molecule has 1 aromatic rings. The van der Waals surface area contributed by atoms with Crippen molar-refractivity contribution in [2.75, 3.05) is 19.6 Å². The van der Waals surface area contributed by atoms with Gasteiger partial charge in [0.05, 0.1) is 5.56 Å². The van der Waals surface area contributed by atoms with E-state index in [2.05, 4.69) is 17.1 Å². The molecule has 0 aromatic heterocycles. The lowest BCUT2D eigenvalue weighted by Crippen LogP contribution is -2.44. The van der Waals surface area contributed by atoms with E-state index in [1.54, 1.807) is 0 Å².